The van der Waals surface area contributed by atoms with Crippen LogP contribution in [0, 0.1) is 0 Å². The Kier molecular flexibility index (Phi) is 4.97. The average Bonchev–Trinajstić information content (AvgIpc) is 2.90. The quantitative estimate of drug-likeness (QED) is 0.891. The lowest BCUT2D eigenvalue weighted by molar-refractivity contribution is 0.0203. The van der Waals surface area contributed by atoms with Crippen molar-refractivity contribution in [2.45, 2.75) is 58.5 Å². The molecule has 1 fully saturated rings. The lowest BCUT2D eigenvalue weighted by Crippen LogP contribution is -2.41. The molecule has 1 aromatic rings. The van der Waals surface area contributed by atoms with Crippen molar-refractivity contribution in [3.63, 3.8) is 0 Å². The number of nitrogens with one attached hydrogen (secondary N) is 1. The molecule has 2 heterocycles. The molecule has 1 amide bonds. The van der Waals surface area contributed by atoms with Gasteiger partial charge in [0.15, 0.2) is 5.69 Å². The summed E-state index contributed by atoms with van der Waals surface area (Å²) in [6.07, 6.45) is 1.75. The van der Waals surface area contributed by atoms with Gasteiger partial charge in [0.25, 0.3) is 0 Å². The molecule has 0 bridgehead atoms. The molecule has 0 radical (unpaired) electrons. The number of nitrogens with zero attached hydrogens (tertiary/aromatic N) is 2. The van der Waals surface area contributed by atoms with Crippen LogP contribution in [0.1, 0.15) is 68.5 Å². The molecule has 1 saturated heterocycles. The predicted molar refractivity (Wildman–Crippen MR) is 84.7 cm³/mol. The van der Waals surface area contributed by atoms with E-state index in [0.29, 0.717) is 43.9 Å². The number of aromatic carboxylic acids is 1. The number of H-pyrrole nitrogens is 1. The van der Waals surface area contributed by atoms with Gasteiger partial charge in [0.05, 0.1) is 5.69 Å². The Morgan fingerprint density at radius 2 is 1.96 bits per heavy atom. The highest BCUT2D eigenvalue weighted by Gasteiger charge is 2.30. The van der Waals surface area contributed by atoms with Crippen LogP contribution in [0.15, 0.2) is 0 Å². The minimum Gasteiger partial charge on any atom is -0.476 e. The number of amides is 1. The molecule has 128 valence electrons. The van der Waals surface area contributed by atoms with Gasteiger partial charge in [0.1, 0.15) is 11.4 Å². The Bertz CT molecular complexity index is 581. The van der Waals surface area contributed by atoms with Gasteiger partial charge >= 0.3 is 12.1 Å². The van der Waals surface area contributed by atoms with Crippen molar-refractivity contribution in [2.24, 2.45) is 0 Å². The standard InChI is InChI=1S/C16H25N3O4/c1-5-11-17-12(13(18-11)14(20)21)10-6-8-19(9-7-10)15(22)23-16(2,3)4/h10H,5-9H2,1-4H3,(H,17,18)(H,20,21). The number of carbonyl (C=O) groups excluding carboxylic acids is 1. The van der Waals surface area contributed by atoms with Crippen molar-refractivity contribution in [2.75, 3.05) is 13.1 Å². The van der Waals surface area contributed by atoms with Crippen LogP contribution in [0.4, 0.5) is 4.79 Å². The Balaban J connectivity index is 2.03. The van der Waals surface area contributed by atoms with Crippen LogP contribution >= 0.6 is 0 Å². The number of hydrogen-bond donors (Lipinski definition) is 2. The van der Waals surface area contributed by atoms with Crippen LogP contribution in [-0.4, -0.2) is 50.7 Å². The van der Waals surface area contributed by atoms with Gasteiger partial charge in [0.2, 0.25) is 0 Å². The molecule has 7 heteroatoms. The summed E-state index contributed by atoms with van der Waals surface area (Å²) in [7, 11) is 0. The highest BCUT2D eigenvalue weighted by molar-refractivity contribution is 5.87. The van der Waals surface area contributed by atoms with Gasteiger partial charge in [-0.25, -0.2) is 14.6 Å². The van der Waals surface area contributed by atoms with Crippen molar-refractivity contribution in [3.05, 3.63) is 17.2 Å². The van der Waals surface area contributed by atoms with Crippen molar-refractivity contribution >= 4 is 12.1 Å². The Labute approximate surface area is 136 Å². The van der Waals surface area contributed by atoms with Gasteiger partial charge in [0, 0.05) is 25.4 Å². The first-order valence-electron chi connectivity index (χ1n) is 8.01. The zero-order chi connectivity index (χ0) is 17.2. The number of aromatic nitrogens is 2. The van der Waals surface area contributed by atoms with Crippen molar-refractivity contribution < 1.29 is 19.4 Å². The second-order valence-electron chi connectivity index (χ2n) is 6.85. The van der Waals surface area contributed by atoms with Crippen LogP contribution in [0.5, 0.6) is 0 Å². The summed E-state index contributed by atoms with van der Waals surface area (Å²) in [5.74, 6) is -0.245. The fraction of sp³-hybridized carbons (Fsp3) is 0.688. The molecule has 0 aromatic carbocycles. The van der Waals surface area contributed by atoms with E-state index in [2.05, 4.69) is 9.97 Å². The number of carboxylic acids is 1. The summed E-state index contributed by atoms with van der Waals surface area (Å²) in [5, 5.41) is 9.31. The van der Waals surface area contributed by atoms with Crippen molar-refractivity contribution in [3.8, 4) is 0 Å². The normalized spacial score (nSPS) is 16.4. The zero-order valence-corrected chi connectivity index (χ0v) is 14.2. The minimum absolute atomic E-state index is 0.0765. The number of aryl methyl sites for hydroxylation is 1. The third-order valence-corrected chi connectivity index (χ3v) is 3.87. The van der Waals surface area contributed by atoms with E-state index in [1.807, 2.05) is 27.7 Å². The number of imidazole rings is 1. The number of aromatic amines is 1. The first kappa shape index (κ1) is 17.3. The van der Waals surface area contributed by atoms with Crippen LogP contribution < -0.4 is 0 Å². The second-order valence-corrected chi connectivity index (χ2v) is 6.85. The summed E-state index contributed by atoms with van der Waals surface area (Å²) >= 11 is 0. The van der Waals surface area contributed by atoms with Crippen LogP contribution in [0.3, 0.4) is 0 Å². The monoisotopic (exact) mass is 323 g/mol. The maximum atomic E-state index is 12.1. The zero-order valence-electron chi connectivity index (χ0n) is 14.2. The maximum Gasteiger partial charge on any atom is 0.410 e. The molecule has 1 aromatic heterocycles. The largest absolute Gasteiger partial charge is 0.476 e. The molecule has 0 aliphatic carbocycles. The van der Waals surface area contributed by atoms with Crippen LogP contribution in [-0.2, 0) is 11.2 Å². The number of carboxylic acid groups (broad SMARTS) is 1. The van der Waals surface area contributed by atoms with E-state index in [0.717, 1.165) is 0 Å². The summed E-state index contributed by atoms with van der Waals surface area (Å²) in [4.78, 5) is 32.4. The van der Waals surface area contributed by atoms with Crippen molar-refractivity contribution in [1.82, 2.24) is 14.9 Å². The third-order valence-electron chi connectivity index (χ3n) is 3.87. The molecule has 7 nitrogen and oxygen atoms in total. The van der Waals surface area contributed by atoms with E-state index in [4.69, 9.17) is 4.74 Å². The molecule has 0 saturated carbocycles. The van der Waals surface area contributed by atoms with E-state index in [1.165, 1.54) is 0 Å². The van der Waals surface area contributed by atoms with E-state index in [-0.39, 0.29) is 17.7 Å². The topological polar surface area (TPSA) is 95.5 Å². The lowest BCUT2D eigenvalue weighted by atomic mass is 9.92. The van der Waals surface area contributed by atoms with Crippen LogP contribution in [0.2, 0.25) is 0 Å². The molecule has 0 spiro atoms. The Morgan fingerprint density at radius 3 is 2.43 bits per heavy atom. The third kappa shape index (κ3) is 4.24. The van der Waals surface area contributed by atoms with Gasteiger partial charge in [-0.05, 0) is 33.6 Å². The first-order chi connectivity index (χ1) is 10.7. The van der Waals surface area contributed by atoms with Gasteiger partial charge in [-0.1, -0.05) is 6.92 Å². The SMILES string of the molecule is CCc1nc(C(=O)O)c(C2CCN(C(=O)OC(C)(C)C)CC2)[nH]1. The molecule has 2 rings (SSSR count). The first-order valence-corrected chi connectivity index (χ1v) is 8.01. The van der Waals surface area contributed by atoms with E-state index in [1.54, 1.807) is 4.90 Å². The molecule has 1 aliphatic rings. The number of rotatable bonds is 3. The number of piperidine rings is 1. The molecular formula is C16H25N3O4. The fourth-order valence-corrected chi connectivity index (χ4v) is 2.74. The Hall–Kier alpha value is -2.05. The summed E-state index contributed by atoms with van der Waals surface area (Å²) < 4.78 is 5.37. The van der Waals surface area contributed by atoms with Gasteiger partial charge in [-0.3, -0.25) is 0 Å². The molecule has 23 heavy (non-hydrogen) atoms. The van der Waals surface area contributed by atoms with E-state index in [9.17, 15) is 14.7 Å². The average molecular weight is 323 g/mol. The summed E-state index contributed by atoms with van der Waals surface area (Å²) in [6, 6.07) is 0. The summed E-state index contributed by atoms with van der Waals surface area (Å²) in [5.41, 5.74) is 0.278. The fourth-order valence-electron chi connectivity index (χ4n) is 2.74. The van der Waals surface area contributed by atoms with Crippen LogP contribution in [0.25, 0.3) is 0 Å². The van der Waals surface area contributed by atoms with Gasteiger partial charge < -0.3 is 19.7 Å². The summed E-state index contributed by atoms with van der Waals surface area (Å²) in [6.45, 7) is 8.56. The lowest BCUT2D eigenvalue weighted by Gasteiger charge is -2.33. The molecular weight excluding hydrogens is 298 g/mol. The highest BCUT2D eigenvalue weighted by atomic mass is 16.6. The smallest absolute Gasteiger partial charge is 0.410 e. The van der Waals surface area contributed by atoms with E-state index < -0.39 is 11.6 Å². The van der Waals surface area contributed by atoms with Gasteiger partial charge in [-0.2, -0.15) is 0 Å². The molecule has 0 unspecified atom stereocenters. The van der Waals surface area contributed by atoms with E-state index >= 15 is 0 Å². The number of likely N-dealkylation sites (tertiary alicyclic amines) is 1. The minimum atomic E-state index is -1.01. The second kappa shape index (κ2) is 6.60. The number of hydrogen-bond acceptors (Lipinski definition) is 4. The predicted octanol–water partition coefficient (Wildman–Crippen LogP) is 2.78. The molecule has 1 aliphatic heterocycles. The highest BCUT2D eigenvalue weighted by Crippen LogP contribution is 2.30. The maximum absolute atomic E-state index is 12.1. The number of ether oxygens (including phenoxy) is 1. The van der Waals surface area contributed by atoms with Crippen molar-refractivity contribution in [1.29, 1.82) is 0 Å². The van der Waals surface area contributed by atoms with Gasteiger partial charge in [-0.15, -0.1) is 0 Å². The number of carbonyl (C=O) groups is 2. The molecule has 2 N–H and O–H groups in total. The molecule has 0 atom stereocenters. The Morgan fingerprint density at radius 1 is 1.35 bits per heavy atom.